The lowest BCUT2D eigenvalue weighted by atomic mass is 10.0. The van der Waals surface area contributed by atoms with Gasteiger partial charge in [-0.2, -0.15) is 4.57 Å². The molecule has 0 saturated heterocycles. The van der Waals surface area contributed by atoms with Crippen LogP contribution in [0.1, 0.15) is 0 Å². The van der Waals surface area contributed by atoms with Crippen LogP contribution in [0.2, 0.25) is 0 Å². The van der Waals surface area contributed by atoms with Crippen molar-refractivity contribution in [1.82, 2.24) is 0 Å². The predicted octanol–water partition coefficient (Wildman–Crippen LogP) is 4.43. The van der Waals surface area contributed by atoms with Gasteiger partial charge in [0.1, 0.15) is 0 Å². The van der Waals surface area contributed by atoms with Gasteiger partial charge >= 0.3 is 0 Å². The Morgan fingerprint density at radius 3 is 2.31 bits per heavy atom. The van der Waals surface area contributed by atoms with Gasteiger partial charge in [-0.25, -0.2) is 0 Å². The molecule has 0 bridgehead atoms. The molecule has 3 nitrogen and oxygen atoms in total. The molecule has 0 spiro atoms. The smallest absolute Gasteiger partial charge is 0.290 e. The number of carbonyl (C=O) groups excluding carboxylic acids is 1. The summed E-state index contributed by atoms with van der Waals surface area (Å²) in [5, 5.41) is 5.33. The number of benzene rings is 3. The van der Waals surface area contributed by atoms with Gasteiger partial charge in [0.2, 0.25) is 6.54 Å². The molecule has 3 aromatic carbocycles. The van der Waals surface area contributed by atoms with Crippen molar-refractivity contribution in [2.75, 3.05) is 5.32 Å². The van der Waals surface area contributed by atoms with E-state index in [0.29, 0.717) is 0 Å². The summed E-state index contributed by atoms with van der Waals surface area (Å²) in [5.74, 6) is -0.0475. The standard InChI is InChI=1S/C23H18N2O/c26-23(17-25-15-14-18-8-4-5-11-20(18)16-25)24-22-13-7-6-12-21(22)19-9-2-1-3-10-19/h1-16H,17H2/p+1. The maximum atomic E-state index is 12.6. The molecule has 4 rings (SSSR count). The van der Waals surface area contributed by atoms with Gasteiger partial charge in [0.05, 0.1) is 0 Å². The normalized spacial score (nSPS) is 10.6. The summed E-state index contributed by atoms with van der Waals surface area (Å²) in [7, 11) is 0. The average Bonchev–Trinajstić information content (AvgIpc) is 2.69. The molecule has 26 heavy (non-hydrogen) atoms. The first kappa shape index (κ1) is 16.0. The van der Waals surface area contributed by atoms with Crippen LogP contribution in [0.5, 0.6) is 0 Å². The molecular weight excluding hydrogens is 320 g/mol. The molecule has 1 amide bonds. The van der Waals surface area contributed by atoms with E-state index in [0.717, 1.165) is 22.2 Å². The summed E-state index contributed by atoms with van der Waals surface area (Å²) in [4.78, 5) is 12.6. The first-order valence-electron chi connectivity index (χ1n) is 8.62. The number of para-hydroxylation sites is 1. The summed E-state index contributed by atoms with van der Waals surface area (Å²) >= 11 is 0. The van der Waals surface area contributed by atoms with Crippen LogP contribution in [0.3, 0.4) is 0 Å². The van der Waals surface area contributed by atoms with Crippen LogP contribution in [0.25, 0.3) is 21.9 Å². The molecule has 0 saturated carbocycles. The fourth-order valence-corrected chi connectivity index (χ4v) is 3.09. The van der Waals surface area contributed by atoms with Crippen molar-refractivity contribution in [3.05, 3.63) is 97.3 Å². The number of anilines is 1. The number of rotatable bonds is 4. The molecule has 0 aliphatic carbocycles. The van der Waals surface area contributed by atoms with Gasteiger partial charge in [0.15, 0.2) is 12.4 Å². The lowest BCUT2D eigenvalue weighted by Gasteiger charge is -2.10. The number of nitrogens with zero attached hydrogens (tertiary/aromatic N) is 1. The lowest BCUT2D eigenvalue weighted by Crippen LogP contribution is -2.39. The monoisotopic (exact) mass is 339 g/mol. The van der Waals surface area contributed by atoms with Crippen molar-refractivity contribution in [3.63, 3.8) is 0 Å². The number of carbonyl (C=O) groups is 1. The van der Waals surface area contributed by atoms with E-state index in [1.807, 2.05) is 89.8 Å². The van der Waals surface area contributed by atoms with E-state index in [2.05, 4.69) is 17.4 Å². The highest BCUT2D eigenvalue weighted by molar-refractivity contribution is 5.94. The number of nitrogens with one attached hydrogen (secondary N) is 1. The summed E-state index contributed by atoms with van der Waals surface area (Å²) in [6.45, 7) is 0.272. The van der Waals surface area contributed by atoms with E-state index in [-0.39, 0.29) is 12.5 Å². The van der Waals surface area contributed by atoms with Crippen LogP contribution < -0.4 is 9.88 Å². The van der Waals surface area contributed by atoms with Crippen molar-refractivity contribution in [1.29, 1.82) is 0 Å². The quantitative estimate of drug-likeness (QED) is 0.548. The zero-order valence-corrected chi connectivity index (χ0v) is 14.3. The number of hydrogen-bond donors (Lipinski definition) is 1. The second-order valence-electron chi connectivity index (χ2n) is 6.21. The number of fused-ring (bicyclic) bond motifs is 1. The minimum Gasteiger partial charge on any atom is -0.320 e. The molecule has 4 aromatic rings. The number of hydrogen-bond acceptors (Lipinski definition) is 1. The highest BCUT2D eigenvalue weighted by Gasteiger charge is 2.13. The van der Waals surface area contributed by atoms with E-state index < -0.39 is 0 Å². The fraction of sp³-hybridized carbons (Fsp3) is 0.0435. The van der Waals surface area contributed by atoms with Crippen molar-refractivity contribution >= 4 is 22.4 Å². The van der Waals surface area contributed by atoms with Crippen LogP contribution in [0.15, 0.2) is 97.3 Å². The molecule has 0 fully saturated rings. The Morgan fingerprint density at radius 1 is 0.769 bits per heavy atom. The summed E-state index contributed by atoms with van der Waals surface area (Å²) < 4.78 is 1.91. The molecule has 3 heteroatoms. The maximum Gasteiger partial charge on any atom is 0.290 e. The highest BCUT2D eigenvalue weighted by Crippen LogP contribution is 2.27. The van der Waals surface area contributed by atoms with Gasteiger partial charge in [-0.05, 0) is 23.1 Å². The molecule has 0 atom stereocenters. The van der Waals surface area contributed by atoms with Gasteiger partial charge in [0, 0.05) is 22.7 Å². The molecule has 1 heterocycles. The number of pyridine rings is 1. The zero-order valence-electron chi connectivity index (χ0n) is 14.3. The second kappa shape index (κ2) is 7.19. The Balaban J connectivity index is 1.55. The third-order valence-electron chi connectivity index (χ3n) is 4.36. The Hall–Kier alpha value is -3.46. The Labute approximate surface area is 152 Å². The molecule has 0 radical (unpaired) electrons. The van der Waals surface area contributed by atoms with Crippen molar-refractivity contribution < 1.29 is 9.36 Å². The van der Waals surface area contributed by atoms with Crippen LogP contribution in [0, 0.1) is 0 Å². The van der Waals surface area contributed by atoms with Gasteiger partial charge < -0.3 is 5.32 Å². The third-order valence-corrected chi connectivity index (χ3v) is 4.36. The Bertz CT molecular complexity index is 1060. The van der Waals surface area contributed by atoms with Gasteiger partial charge in [-0.15, -0.1) is 0 Å². The third kappa shape index (κ3) is 3.47. The molecular formula is C23H19N2O+. The van der Waals surface area contributed by atoms with Crippen molar-refractivity contribution in [2.45, 2.75) is 6.54 Å². The molecule has 0 unspecified atom stereocenters. The second-order valence-corrected chi connectivity index (χ2v) is 6.21. The van der Waals surface area contributed by atoms with Crippen LogP contribution in [-0.4, -0.2) is 5.91 Å². The van der Waals surface area contributed by atoms with Crippen molar-refractivity contribution in [2.24, 2.45) is 0 Å². The summed E-state index contributed by atoms with van der Waals surface area (Å²) in [6, 6.07) is 28.1. The van der Waals surface area contributed by atoms with Gasteiger partial charge in [0.25, 0.3) is 5.91 Å². The van der Waals surface area contributed by atoms with E-state index in [4.69, 9.17) is 0 Å². The molecule has 0 aliphatic rings. The molecule has 1 N–H and O–H groups in total. The highest BCUT2D eigenvalue weighted by atomic mass is 16.1. The van der Waals surface area contributed by atoms with E-state index >= 15 is 0 Å². The summed E-state index contributed by atoms with van der Waals surface area (Å²) in [6.07, 6.45) is 3.93. The molecule has 126 valence electrons. The number of amides is 1. The Morgan fingerprint density at radius 2 is 1.46 bits per heavy atom. The van der Waals surface area contributed by atoms with E-state index in [1.165, 1.54) is 5.39 Å². The SMILES string of the molecule is O=C(C[n+]1ccc2ccccc2c1)Nc1ccccc1-c1ccccc1. The fourth-order valence-electron chi connectivity index (χ4n) is 3.09. The number of aromatic nitrogens is 1. The first-order valence-corrected chi connectivity index (χ1v) is 8.62. The topological polar surface area (TPSA) is 33.0 Å². The van der Waals surface area contributed by atoms with Gasteiger partial charge in [-0.1, -0.05) is 66.7 Å². The minimum atomic E-state index is -0.0475. The van der Waals surface area contributed by atoms with E-state index in [1.54, 1.807) is 0 Å². The molecule has 1 aromatic heterocycles. The Kier molecular flexibility index (Phi) is 4.44. The van der Waals surface area contributed by atoms with Gasteiger partial charge in [-0.3, -0.25) is 4.79 Å². The van der Waals surface area contributed by atoms with Crippen LogP contribution >= 0.6 is 0 Å². The zero-order chi connectivity index (χ0) is 17.8. The van der Waals surface area contributed by atoms with Crippen molar-refractivity contribution in [3.8, 4) is 11.1 Å². The van der Waals surface area contributed by atoms with Crippen LogP contribution in [-0.2, 0) is 11.3 Å². The van der Waals surface area contributed by atoms with E-state index in [9.17, 15) is 4.79 Å². The first-order chi connectivity index (χ1) is 12.8. The average molecular weight is 339 g/mol. The predicted molar refractivity (Wildman–Crippen MR) is 105 cm³/mol. The maximum absolute atomic E-state index is 12.6. The molecule has 0 aliphatic heterocycles. The minimum absolute atomic E-state index is 0.0475. The summed E-state index contributed by atoms with van der Waals surface area (Å²) in [5.41, 5.74) is 2.93. The van der Waals surface area contributed by atoms with Crippen LogP contribution in [0.4, 0.5) is 5.69 Å². The lowest BCUT2D eigenvalue weighted by molar-refractivity contribution is -0.682. The largest absolute Gasteiger partial charge is 0.320 e.